The van der Waals surface area contributed by atoms with Gasteiger partial charge in [0.2, 0.25) is 0 Å². The molecule has 2 aromatic rings. The molecule has 0 spiro atoms. The molecule has 4 heteroatoms. The second kappa shape index (κ2) is 12.8. The van der Waals surface area contributed by atoms with Crippen LogP contribution in [-0.2, 0) is 0 Å². The maximum Gasteiger partial charge on any atom is 0.119 e. The Morgan fingerprint density at radius 2 is 2.03 bits per heavy atom. The summed E-state index contributed by atoms with van der Waals surface area (Å²) in [5.41, 5.74) is 2.54. The Morgan fingerprint density at radius 1 is 1.17 bits per heavy atom. The Labute approximate surface area is 185 Å². The zero-order valence-corrected chi connectivity index (χ0v) is 19.7. The van der Waals surface area contributed by atoms with Crippen LogP contribution in [0.25, 0.3) is 11.1 Å². The van der Waals surface area contributed by atoms with Crippen molar-refractivity contribution < 1.29 is 4.74 Å². The summed E-state index contributed by atoms with van der Waals surface area (Å²) in [6.07, 6.45) is 4.15. The molecular weight excluding hydrogens is 394 g/mol. The van der Waals surface area contributed by atoms with E-state index in [1.165, 1.54) is 11.1 Å². The molecule has 0 saturated heterocycles. The van der Waals surface area contributed by atoms with Crippen molar-refractivity contribution in [1.82, 2.24) is 4.90 Å². The second-order valence-electron chi connectivity index (χ2n) is 7.82. The van der Waals surface area contributed by atoms with Crippen LogP contribution in [0.15, 0.2) is 53.2 Å². The molecule has 0 aliphatic rings. The minimum absolute atomic E-state index is 0.0682. The zero-order chi connectivity index (χ0) is 21.0. The minimum Gasteiger partial charge on any atom is -0.493 e. The fraction of sp³-hybridized carbons (Fsp3) is 0.440. The van der Waals surface area contributed by atoms with Crippen molar-refractivity contribution in [2.45, 2.75) is 27.7 Å². The molecule has 0 fully saturated rings. The van der Waals surface area contributed by atoms with Gasteiger partial charge in [0.1, 0.15) is 5.75 Å². The summed E-state index contributed by atoms with van der Waals surface area (Å²) in [5, 5.41) is 4.27. The summed E-state index contributed by atoms with van der Waals surface area (Å²) in [6.45, 7) is 12.5. The monoisotopic (exact) mass is 427 g/mol. The van der Waals surface area contributed by atoms with Gasteiger partial charge in [-0.15, -0.1) is 0 Å². The predicted molar refractivity (Wildman–Crippen MR) is 131 cm³/mol. The lowest BCUT2D eigenvalue weighted by Crippen LogP contribution is -2.26. The minimum atomic E-state index is 0.0682. The first-order valence-electron chi connectivity index (χ1n) is 10.2. The number of thioether (sulfide) groups is 1. The lowest BCUT2D eigenvalue weighted by molar-refractivity contribution is 0.337. The Kier molecular flexibility index (Phi) is 10.4. The molecular formula is C25H33NOS2. The highest BCUT2D eigenvalue weighted by Gasteiger charge is 2.03. The molecule has 0 aliphatic carbocycles. The number of thiophene rings is 1. The van der Waals surface area contributed by atoms with Gasteiger partial charge in [0.05, 0.1) is 6.61 Å². The zero-order valence-electron chi connectivity index (χ0n) is 18.1. The van der Waals surface area contributed by atoms with E-state index in [9.17, 15) is 0 Å². The van der Waals surface area contributed by atoms with Crippen LogP contribution in [0.1, 0.15) is 27.7 Å². The van der Waals surface area contributed by atoms with E-state index in [0.717, 1.165) is 43.5 Å². The highest BCUT2D eigenvalue weighted by atomic mass is 32.2. The summed E-state index contributed by atoms with van der Waals surface area (Å²) in [4.78, 5) is 2.44. The van der Waals surface area contributed by atoms with Crippen molar-refractivity contribution in [3.63, 3.8) is 0 Å². The Balaban J connectivity index is 1.62. The first kappa shape index (κ1) is 23.6. The molecule has 0 saturated carbocycles. The lowest BCUT2D eigenvalue weighted by atomic mass is 9.98. The fourth-order valence-corrected chi connectivity index (χ4v) is 4.06. The van der Waals surface area contributed by atoms with Gasteiger partial charge in [0.25, 0.3) is 0 Å². The maximum atomic E-state index is 5.94. The summed E-state index contributed by atoms with van der Waals surface area (Å²) >= 11 is 3.67. The van der Waals surface area contributed by atoms with E-state index in [2.05, 4.69) is 85.5 Å². The lowest BCUT2D eigenvalue weighted by Gasteiger charge is -2.17. The molecule has 1 aromatic heterocycles. The molecule has 0 atom stereocenters. The molecule has 156 valence electrons. The molecule has 0 aliphatic heterocycles. The molecule has 29 heavy (non-hydrogen) atoms. The molecule has 2 rings (SSSR count). The van der Waals surface area contributed by atoms with E-state index in [1.807, 2.05) is 23.9 Å². The van der Waals surface area contributed by atoms with Gasteiger partial charge >= 0.3 is 0 Å². The molecule has 0 amide bonds. The van der Waals surface area contributed by atoms with Gasteiger partial charge in [0.15, 0.2) is 0 Å². The van der Waals surface area contributed by atoms with Crippen LogP contribution >= 0.6 is 23.1 Å². The number of nitrogens with zero attached hydrogens (tertiary/aromatic N) is 1. The highest BCUT2D eigenvalue weighted by Crippen LogP contribution is 2.25. The summed E-state index contributed by atoms with van der Waals surface area (Å²) in [5.74, 6) is 9.45. The third-order valence-electron chi connectivity index (χ3n) is 4.20. The van der Waals surface area contributed by atoms with E-state index >= 15 is 0 Å². The number of likely N-dealkylation sites (N-methyl/N-ethyl adjacent to an activating group) is 1. The van der Waals surface area contributed by atoms with E-state index in [0.29, 0.717) is 0 Å². The second-order valence-corrected chi connectivity index (χ2v) is 9.82. The fourth-order valence-electron chi connectivity index (χ4n) is 2.61. The summed E-state index contributed by atoms with van der Waals surface area (Å²) < 4.78 is 5.94. The number of rotatable bonds is 11. The molecule has 0 unspecified atom stereocenters. The van der Waals surface area contributed by atoms with Crippen LogP contribution in [0.3, 0.4) is 0 Å². The Hall–Kier alpha value is -1.67. The van der Waals surface area contributed by atoms with Crippen molar-refractivity contribution in [1.29, 1.82) is 0 Å². The summed E-state index contributed by atoms with van der Waals surface area (Å²) in [7, 11) is 0. The number of allylic oxidation sites excluding steroid dienone is 1. The van der Waals surface area contributed by atoms with Crippen LogP contribution < -0.4 is 4.74 Å². The average Bonchev–Trinajstić information content (AvgIpc) is 3.23. The smallest absolute Gasteiger partial charge is 0.119 e. The van der Waals surface area contributed by atoms with Crippen LogP contribution in [0, 0.1) is 17.3 Å². The van der Waals surface area contributed by atoms with Crippen LogP contribution in [0.2, 0.25) is 0 Å². The van der Waals surface area contributed by atoms with Crippen LogP contribution in [-0.4, -0.2) is 42.6 Å². The van der Waals surface area contributed by atoms with E-state index in [-0.39, 0.29) is 5.41 Å². The molecule has 0 N–H and O–H groups in total. The third kappa shape index (κ3) is 10.1. The Morgan fingerprint density at radius 3 is 2.76 bits per heavy atom. The highest BCUT2D eigenvalue weighted by molar-refractivity contribution is 7.99. The number of hydrogen-bond acceptors (Lipinski definition) is 4. The SMILES string of the molecule is CCN(CC=CC#CC(C)(C)C)CCSCCOc1cccc(-c2ccsc2)c1. The van der Waals surface area contributed by atoms with Gasteiger partial charge in [0, 0.05) is 30.0 Å². The van der Waals surface area contributed by atoms with Gasteiger partial charge < -0.3 is 4.74 Å². The van der Waals surface area contributed by atoms with Crippen molar-refractivity contribution in [2.75, 3.05) is 37.7 Å². The molecule has 0 radical (unpaired) electrons. The van der Waals surface area contributed by atoms with E-state index < -0.39 is 0 Å². The molecule has 1 heterocycles. The number of hydrogen-bond donors (Lipinski definition) is 0. The number of ether oxygens (including phenoxy) is 1. The van der Waals surface area contributed by atoms with Gasteiger partial charge in [-0.1, -0.05) is 37.0 Å². The van der Waals surface area contributed by atoms with Crippen molar-refractivity contribution in [2.24, 2.45) is 5.41 Å². The van der Waals surface area contributed by atoms with Gasteiger partial charge in [-0.3, -0.25) is 4.90 Å². The van der Waals surface area contributed by atoms with Gasteiger partial charge in [-0.25, -0.2) is 0 Å². The van der Waals surface area contributed by atoms with Crippen LogP contribution in [0.4, 0.5) is 0 Å². The number of benzene rings is 1. The van der Waals surface area contributed by atoms with Crippen molar-refractivity contribution in [3.8, 4) is 28.7 Å². The maximum absolute atomic E-state index is 5.94. The van der Waals surface area contributed by atoms with E-state index in [4.69, 9.17) is 4.74 Å². The first-order valence-corrected chi connectivity index (χ1v) is 12.3. The van der Waals surface area contributed by atoms with Crippen molar-refractivity contribution >= 4 is 23.1 Å². The summed E-state index contributed by atoms with van der Waals surface area (Å²) in [6, 6.07) is 10.5. The standard InChI is InChI=1S/C25H33NOS2/c1-5-26(14-8-6-7-13-25(2,3)4)15-18-28-19-16-27-24-11-9-10-22(20-24)23-12-17-29-21-23/h6,8-12,17,20-21H,5,14-16,18-19H2,1-4H3. The van der Waals surface area contributed by atoms with E-state index in [1.54, 1.807) is 11.3 Å². The normalized spacial score (nSPS) is 11.6. The van der Waals surface area contributed by atoms with Gasteiger partial charge in [-0.05, 0) is 73.5 Å². The Bertz CT molecular complexity index is 794. The van der Waals surface area contributed by atoms with Crippen LogP contribution in [0.5, 0.6) is 5.75 Å². The largest absolute Gasteiger partial charge is 0.493 e. The molecule has 2 nitrogen and oxygen atoms in total. The van der Waals surface area contributed by atoms with Gasteiger partial charge in [-0.2, -0.15) is 23.1 Å². The third-order valence-corrected chi connectivity index (χ3v) is 5.81. The molecule has 0 bridgehead atoms. The van der Waals surface area contributed by atoms with Crippen molar-refractivity contribution in [3.05, 3.63) is 53.2 Å². The molecule has 1 aromatic carbocycles. The topological polar surface area (TPSA) is 12.5 Å². The first-order chi connectivity index (χ1) is 14.0. The average molecular weight is 428 g/mol. The predicted octanol–water partition coefficient (Wildman–Crippen LogP) is 6.45. The quantitative estimate of drug-likeness (QED) is 0.302.